The molecule has 2 aromatic carbocycles. The average molecular weight is 361 g/mol. The van der Waals surface area contributed by atoms with Crippen molar-refractivity contribution in [2.24, 2.45) is 0 Å². The fourth-order valence-electron chi connectivity index (χ4n) is 1.66. The monoisotopic (exact) mass is 360 g/mol. The van der Waals surface area contributed by atoms with Gasteiger partial charge in [0.25, 0.3) is 0 Å². The van der Waals surface area contributed by atoms with Gasteiger partial charge in [-0.15, -0.1) is 0 Å². The summed E-state index contributed by atoms with van der Waals surface area (Å²) in [6.07, 6.45) is -4.56. The normalized spacial score (nSPS) is 11.2. The molecule has 0 spiro atoms. The lowest BCUT2D eigenvalue weighted by atomic mass is 10.2. The van der Waals surface area contributed by atoms with Crippen molar-refractivity contribution in [2.45, 2.75) is 6.18 Å². The van der Waals surface area contributed by atoms with Crippen molar-refractivity contribution in [3.8, 4) is 11.5 Å². The third-order valence-electron chi connectivity index (χ3n) is 2.54. The number of halogens is 4. The van der Waals surface area contributed by atoms with Crippen molar-refractivity contribution in [3.05, 3.63) is 58.1 Å². The standard InChI is InChI=1S/C14H8BrF3O3/c15-9-5-8(13(19)20)6-10(7-9)21-12-4-2-1-3-11(12)14(16,17)18/h1-7H,(H,19,20). The lowest BCUT2D eigenvalue weighted by Gasteiger charge is -2.14. The third kappa shape index (κ3) is 3.75. The largest absolute Gasteiger partial charge is 0.478 e. The van der Waals surface area contributed by atoms with Crippen molar-refractivity contribution < 1.29 is 27.8 Å². The predicted octanol–water partition coefficient (Wildman–Crippen LogP) is 4.96. The zero-order valence-electron chi connectivity index (χ0n) is 10.3. The van der Waals surface area contributed by atoms with Gasteiger partial charge in [0.05, 0.1) is 11.1 Å². The van der Waals surface area contributed by atoms with E-state index in [4.69, 9.17) is 9.84 Å². The van der Waals surface area contributed by atoms with Gasteiger partial charge in [0, 0.05) is 4.47 Å². The fourth-order valence-corrected chi connectivity index (χ4v) is 2.13. The topological polar surface area (TPSA) is 46.5 Å². The van der Waals surface area contributed by atoms with Gasteiger partial charge < -0.3 is 9.84 Å². The van der Waals surface area contributed by atoms with Gasteiger partial charge >= 0.3 is 12.1 Å². The molecule has 0 aliphatic carbocycles. The first kappa shape index (κ1) is 15.4. The van der Waals surface area contributed by atoms with Crippen LogP contribution in [0.3, 0.4) is 0 Å². The molecule has 3 nitrogen and oxygen atoms in total. The van der Waals surface area contributed by atoms with E-state index in [-0.39, 0.29) is 17.1 Å². The highest BCUT2D eigenvalue weighted by atomic mass is 79.9. The molecule has 2 aromatic rings. The molecule has 110 valence electrons. The summed E-state index contributed by atoms with van der Waals surface area (Å²) in [6.45, 7) is 0. The summed E-state index contributed by atoms with van der Waals surface area (Å²) in [4.78, 5) is 10.9. The van der Waals surface area contributed by atoms with Crippen LogP contribution in [0.5, 0.6) is 11.5 Å². The van der Waals surface area contributed by atoms with E-state index in [1.54, 1.807) is 0 Å². The summed E-state index contributed by atoms with van der Waals surface area (Å²) < 4.78 is 44.1. The smallest absolute Gasteiger partial charge is 0.419 e. The van der Waals surface area contributed by atoms with Gasteiger partial charge in [-0.3, -0.25) is 0 Å². The number of para-hydroxylation sites is 1. The Morgan fingerprint density at radius 3 is 2.43 bits per heavy atom. The summed E-state index contributed by atoms with van der Waals surface area (Å²) in [5.41, 5.74) is -1.02. The van der Waals surface area contributed by atoms with Crippen LogP contribution in [-0.2, 0) is 6.18 Å². The number of aromatic carboxylic acids is 1. The van der Waals surface area contributed by atoms with E-state index in [2.05, 4.69) is 15.9 Å². The Balaban J connectivity index is 2.42. The molecule has 21 heavy (non-hydrogen) atoms. The summed E-state index contributed by atoms with van der Waals surface area (Å²) in [7, 11) is 0. The minimum absolute atomic E-state index is 0.00141. The van der Waals surface area contributed by atoms with E-state index < -0.39 is 17.7 Å². The molecule has 0 aliphatic heterocycles. The third-order valence-corrected chi connectivity index (χ3v) is 3.00. The fraction of sp³-hybridized carbons (Fsp3) is 0.0714. The second kappa shape index (κ2) is 5.77. The minimum Gasteiger partial charge on any atom is -0.478 e. The maximum atomic E-state index is 12.9. The van der Waals surface area contributed by atoms with Crippen LogP contribution in [0.15, 0.2) is 46.9 Å². The lowest BCUT2D eigenvalue weighted by molar-refractivity contribution is -0.138. The molecule has 0 fully saturated rings. The number of carboxylic acids is 1. The van der Waals surface area contributed by atoms with Crippen molar-refractivity contribution in [1.82, 2.24) is 0 Å². The van der Waals surface area contributed by atoms with Crippen LogP contribution in [-0.4, -0.2) is 11.1 Å². The van der Waals surface area contributed by atoms with Crippen LogP contribution in [0.4, 0.5) is 13.2 Å². The number of rotatable bonds is 3. The van der Waals surface area contributed by atoms with Crippen LogP contribution < -0.4 is 4.74 Å². The molecule has 0 bridgehead atoms. The zero-order chi connectivity index (χ0) is 15.6. The number of carbonyl (C=O) groups is 1. The summed E-state index contributed by atoms with van der Waals surface area (Å²) >= 11 is 3.09. The first-order valence-corrected chi connectivity index (χ1v) is 6.44. The zero-order valence-corrected chi connectivity index (χ0v) is 11.9. The Bertz CT molecular complexity index is 683. The number of alkyl halides is 3. The van der Waals surface area contributed by atoms with E-state index in [1.807, 2.05) is 0 Å². The van der Waals surface area contributed by atoms with Gasteiger partial charge in [0.2, 0.25) is 0 Å². The van der Waals surface area contributed by atoms with Gasteiger partial charge in [-0.2, -0.15) is 13.2 Å². The highest BCUT2D eigenvalue weighted by Gasteiger charge is 2.34. The minimum atomic E-state index is -4.56. The molecule has 0 unspecified atom stereocenters. The Labute approximate surface area is 126 Å². The number of hydrogen-bond acceptors (Lipinski definition) is 2. The van der Waals surface area contributed by atoms with E-state index in [9.17, 15) is 18.0 Å². The molecular formula is C14H8BrF3O3. The van der Waals surface area contributed by atoms with Crippen LogP contribution >= 0.6 is 15.9 Å². The summed E-state index contributed by atoms with van der Waals surface area (Å²) in [5.74, 6) is -1.59. The quantitative estimate of drug-likeness (QED) is 0.841. The Kier molecular flexibility index (Phi) is 4.22. The van der Waals surface area contributed by atoms with Gasteiger partial charge in [-0.05, 0) is 30.3 Å². The van der Waals surface area contributed by atoms with E-state index in [0.717, 1.165) is 12.1 Å². The van der Waals surface area contributed by atoms with E-state index >= 15 is 0 Å². The van der Waals surface area contributed by atoms with Crippen LogP contribution in [0.25, 0.3) is 0 Å². The van der Waals surface area contributed by atoms with Gasteiger partial charge in [-0.1, -0.05) is 28.1 Å². The Morgan fingerprint density at radius 1 is 1.14 bits per heavy atom. The first-order valence-electron chi connectivity index (χ1n) is 5.65. The molecule has 0 aliphatic rings. The van der Waals surface area contributed by atoms with Crippen molar-refractivity contribution in [1.29, 1.82) is 0 Å². The maximum Gasteiger partial charge on any atom is 0.419 e. The molecule has 7 heteroatoms. The van der Waals surface area contributed by atoms with Gasteiger partial charge in [0.1, 0.15) is 11.5 Å². The predicted molar refractivity (Wildman–Crippen MR) is 72.6 cm³/mol. The first-order chi connectivity index (χ1) is 9.77. The van der Waals surface area contributed by atoms with E-state index in [0.29, 0.717) is 4.47 Å². The van der Waals surface area contributed by atoms with Crippen LogP contribution in [0.2, 0.25) is 0 Å². The highest BCUT2D eigenvalue weighted by molar-refractivity contribution is 9.10. The average Bonchev–Trinajstić information content (AvgIpc) is 2.37. The SMILES string of the molecule is O=C(O)c1cc(Br)cc(Oc2ccccc2C(F)(F)F)c1. The number of benzene rings is 2. The Morgan fingerprint density at radius 2 is 1.81 bits per heavy atom. The number of ether oxygens (including phenoxy) is 1. The molecule has 0 atom stereocenters. The van der Waals surface area contributed by atoms with Crippen LogP contribution in [0.1, 0.15) is 15.9 Å². The molecule has 0 saturated carbocycles. The van der Waals surface area contributed by atoms with Crippen molar-refractivity contribution in [3.63, 3.8) is 0 Å². The molecular weight excluding hydrogens is 353 g/mol. The maximum absolute atomic E-state index is 12.9. The van der Waals surface area contributed by atoms with Crippen LogP contribution in [0, 0.1) is 0 Å². The molecule has 2 rings (SSSR count). The number of hydrogen-bond donors (Lipinski definition) is 1. The molecule has 1 N–H and O–H groups in total. The van der Waals surface area contributed by atoms with Crippen molar-refractivity contribution >= 4 is 21.9 Å². The summed E-state index contributed by atoms with van der Waals surface area (Å²) in [6, 6.07) is 8.58. The second-order valence-corrected chi connectivity index (χ2v) is 4.99. The van der Waals surface area contributed by atoms with E-state index in [1.165, 1.54) is 30.3 Å². The molecule has 0 amide bonds. The number of carboxylic acid groups (broad SMARTS) is 1. The highest BCUT2D eigenvalue weighted by Crippen LogP contribution is 2.38. The van der Waals surface area contributed by atoms with Crippen molar-refractivity contribution in [2.75, 3.05) is 0 Å². The Hall–Kier alpha value is -2.02. The molecule has 0 saturated heterocycles. The van der Waals surface area contributed by atoms with Gasteiger partial charge in [0.15, 0.2) is 0 Å². The lowest BCUT2D eigenvalue weighted by Crippen LogP contribution is -2.07. The molecule has 0 radical (unpaired) electrons. The van der Waals surface area contributed by atoms with Gasteiger partial charge in [-0.25, -0.2) is 4.79 Å². The molecule has 0 heterocycles. The summed E-state index contributed by atoms with van der Waals surface area (Å²) in [5, 5.41) is 8.93. The second-order valence-electron chi connectivity index (χ2n) is 4.08. The molecule has 0 aromatic heterocycles.